The number of aromatic nitrogens is 3. The Morgan fingerprint density at radius 1 is 1.23 bits per heavy atom. The van der Waals surface area contributed by atoms with Gasteiger partial charge in [-0.25, -0.2) is 14.1 Å². The van der Waals surface area contributed by atoms with Gasteiger partial charge in [-0.3, -0.25) is 9.32 Å². The van der Waals surface area contributed by atoms with Crippen LogP contribution in [-0.2, 0) is 28.1 Å². The molecule has 0 spiro atoms. The van der Waals surface area contributed by atoms with Crippen LogP contribution in [0.25, 0.3) is 5.52 Å². The third kappa shape index (κ3) is 6.59. The number of benzene rings is 1. The number of nitrogens with zero attached hydrogens (tertiary/aromatic N) is 3. The van der Waals surface area contributed by atoms with Gasteiger partial charge < -0.3 is 24.5 Å². The van der Waals surface area contributed by atoms with Gasteiger partial charge in [0.2, 0.25) is 0 Å². The van der Waals surface area contributed by atoms with Crippen LogP contribution in [0.4, 0.5) is 5.82 Å². The lowest BCUT2D eigenvalue weighted by Gasteiger charge is -2.29. The molecular formula is C26H34N5O7P. The zero-order valence-corrected chi connectivity index (χ0v) is 22.9. The van der Waals surface area contributed by atoms with Gasteiger partial charge in [-0.15, -0.1) is 0 Å². The monoisotopic (exact) mass is 559 g/mol. The summed E-state index contributed by atoms with van der Waals surface area (Å²) in [5, 5.41) is 7.06. The molecule has 2 aliphatic rings. The molecule has 4 heterocycles. The van der Waals surface area contributed by atoms with Crippen molar-refractivity contribution < 1.29 is 32.6 Å². The Balaban J connectivity index is 1.26. The standard InChI is InChI=1S/C26H34N5O7P/c1-18(25(32)36-19-11-14-34-15-12-19)30-39(33,38-20-6-4-3-5-7-20)35-16-26(2)13-10-23(37-26)21-8-9-22-24(27)28-17-29-31(21)22/h3-9,17-19,23H,10-16H2,1-2H3,(H,30,33)(H2,27,28,29)/t18-,23+,26-,39?/m0/s1. The summed E-state index contributed by atoms with van der Waals surface area (Å²) in [6, 6.07) is 11.5. The van der Waals surface area contributed by atoms with Crippen LogP contribution in [0.5, 0.6) is 5.75 Å². The molecule has 2 aromatic heterocycles. The van der Waals surface area contributed by atoms with Crippen LogP contribution in [-0.4, -0.2) is 58.1 Å². The van der Waals surface area contributed by atoms with E-state index < -0.39 is 25.4 Å². The zero-order valence-electron chi connectivity index (χ0n) is 22.0. The first-order valence-electron chi connectivity index (χ1n) is 13.0. The fraction of sp³-hybridized carbons (Fsp3) is 0.500. The molecule has 13 heteroatoms. The molecule has 210 valence electrons. The molecule has 2 fully saturated rings. The Morgan fingerprint density at radius 2 is 2.00 bits per heavy atom. The molecule has 12 nitrogen and oxygen atoms in total. The maximum atomic E-state index is 13.9. The first-order valence-corrected chi connectivity index (χ1v) is 14.6. The molecule has 1 unspecified atom stereocenters. The van der Waals surface area contributed by atoms with Gasteiger partial charge in [0, 0.05) is 12.8 Å². The van der Waals surface area contributed by atoms with Gasteiger partial charge in [0.1, 0.15) is 35.8 Å². The third-order valence-electron chi connectivity index (χ3n) is 6.87. The molecule has 2 saturated heterocycles. The van der Waals surface area contributed by atoms with Crippen molar-refractivity contribution in [3.63, 3.8) is 0 Å². The average molecular weight is 560 g/mol. The van der Waals surface area contributed by atoms with E-state index in [1.807, 2.05) is 25.1 Å². The maximum absolute atomic E-state index is 13.9. The van der Waals surface area contributed by atoms with Gasteiger partial charge in [-0.1, -0.05) is 18.2 Å². The molecule has 5 rings (SSSR count). The quantitative estimate of drug-likeness (QED) is 0.276. The fourth-order valence-electron chi connectivity index (χ4n) is 4.71. The minimum absolute atomic E-state index is 0.0389. The second-order valence-corrected chi connectivity index (χ2v) is 11.8. The number of hydrogen-bond donors (Lipinski definition) is 2. The van der Waals surface area contributed by atoms with E-state index in [-0.39, 0.29) is 18.8 Å². The molecule has 0 radical (unpaired) electrons. The molecule has 3 N–H and O–H groups in total. The highest BCUT2D eigenvalue weighted by Crippen LogP contribution is 2.48. The lowest BCUT2D eigenvalue weighted by Crippen LogP contribution is -2.39. The van der Waals surface area contributed by atoms with Gasteiger partial charge in [-0.2, -0.15) is 10.2 Å². The Labute approximate surface area is 226 Å². The van der Waals surface area contributed by atoms with Gasteiger partial charge in [0.25, 0.3) is 0 Å². The number of anilines is 1. The van der Waals surface area contributed by atoms with Crippen molar-refractivity contribution in [1.82, 2.24) is 19.7 Å². The number of fused-ring (bicyclic) bond motifs is 1. The van der Waals surface area contributed by atoms with Crippen LogP contribution >= 0.6 is 7.75 Å². The normalized spacial score (nSPS) is 24.3. The van der Waals surface area contributed by atoms with Crippen molar-refractivity contribution in [3.8, 4) is 5.75 Å². The lowest BCUT2D eigenvalue weighted by atomic mass is 10.0. The van der Waals surface area contributed by atoms with E-state index in [4.69, 9.17) is 29.0 Å². The number of carbonyl (C=O) groups is 1. The third-order valence-corrected chi connectivity index (χ3v) is 8.49. The summed E-state index contributed by atoms with van der Waals surface area (Å²) >= 11 is 0. The van der Waals surface area contributed by atoms with Crippen molar-refractivity contribution in [3.05, 3.63) is 54.5 Å². The fourth-order valence-corrected chi connectivity index (χ4v) is 6.31. The van der Waals surface area contributed by atoms with Crippen molar-refractivity contribution in [2.24, 2.45) is 0 Å². The van der Waals surface area contributed by atoms with E-state index in [0.717, 1.165) is 5.69 Å². The van der Waals surface area contributed by atoms with Gasteiger partial charge in [-0.05, 0) is 51.0 Å². The topological polar surface area (TPSA) is 149 Å². The second-order valence-electron chi connectivity index (χ2n) is 10.1. The molecule has 0 aliphatic carbocycles. The highest BCUT2D eigenvalue weighted by molar-refractivity contribution is 7.52. The number of para-hydroxylation sites is 1. The lowest BCUT2D eigenvalue weighted by molar-refractivity contribution is -0.154. The molecule has 0 saturated carbocycles. The van der Waals surface area contributed by atoms with E-state index in [0.29, 0.717) is 56.0 Å². The molecule has 2 aliphatic heterocycles. The minimum atomic E-state index is -4.02. The maximum Gasteiger partial charge on any atom is 0.459 e. The van der Waals surface area contributed by atoms with E-state index in [2.05, 4.69) is 15.2 Å². The SMILES string of the molecule is C[C@H](NP(=O)(OC[C@]1(C)CC[C@H](c2ccc3c(N)ncnn23)O1)Oc1ccccc1)C(=O)OC1CCOCC1. The molecule has 39 heavy (non-hydrogen) atoms. The second kappa shape index (κ2) is 11.6. The van der Waals surface area contributed by atoms with Crippen LogP contribution in [0, 0.1) is 0 Å². The van der Waals surface area contributed by atoms with Crippen LogP contribution < -0.4 is 15.3 Å². The Morgan fingerprint density at radius 3 is 2.77 bits per heavy atom. The largest absolute Gasteiger partial charge is 0.461 e. The average Bonchev–Trinajstić information content (AvgIpc) is 3.54. The highest BCUT2D eigenvalue weighted by atomic mass is 31.2. The summed E-state index contributed by atoms with van der Waals surface area (Å²) in [6.07, 6.45) is 3.48. The Bertz CT molecular complexity index is 1330. The summed E-state index contributed by atoms with van der Waals surface area (Å²) in [4.78, 5) is 16.8. The van der Waals surface area contributed by atoms with Crippen molar-refractivity contribution in [2.45, 2.75) is 63.4 Å². The number of nitrogen functional groups attached to an aromatic ring is 1. The Hall–Kier alpha value is -3.02. The number of nitrogens with two attached hydrogens (primary N) is 1. The van der Waals surface area contributed by atoms with Crippen molar-refractivity contribution >= 4 is 25.1 Å². The predicted octanol–water partition coefficient (Wildman–Crippen LogP) is 3.83. The van der Waals surface area contributed by atoms with Gasteiger partial charge in [0.05, 0.1) is 31.1 Å². The zero-order chi connectivity index (χ0) is 27.5. The predicted molar refractivity (Wildman–Crippen MR) is 142 cm³/mol. The highest BCUT2D eigenvalue weighted by Gasteiger charge is 2.42. The van der Waals surface area contributed by atoms with Crippen molar-refractivity contribution in [1.29, 1.82) is 0 Å². The van der Waals surface area contributed by atoms with Crippen LogP contribution in [0.15, 0.2) is 48.8 Å². The molecule has 0 amide bonds. The van der Waals surface area contributed by atoms with Gasteiger partial charge in [0.15, 0.2) is 5.82 Å². The minimum Gasteiger partial charge on any atom is -0.461 e. The van der Waals surface area contributed by atoms with E-state index in [1.54, 1.807) is 35.7 Å². The van der Waals surface area contributed by atoms with E-state index in [9.17, 15) is 9.36 Å². The first-order chi connectivity index (χ1) is 18.7. The summed E-state index contributed by atoms with van der Waals surface area (Å²) < 4.78 is 44.7. The summed E-state index contributed by atoms with van der Waals surface area (Å²) in [7, 11) is -4.02. The number of ether oxygens (including phenoxy) is 3. The van der Waals surface area contributed by atoms with Crippen molar-refractivity contribution in [2.75, 3.05) is 25.6 Å². The number of rotatable bonds is 10. The molecular weight excluding hydrogens is 525 g/mol. The first kappa shape index (κ1) is 27.5. The summed E-state index contributed by atoms with van der Waals surface area (Å²) in [5.74, 6) is 0.188. The number of carbonyl (C=O) groups excluding carboxylic acids is 1. The van der Waals surface area contributed by atoms with Crippen LogP contribution in [0.1, 0.15) is 51.3 Å². The number of nitrogens with one attached hydrogen (secondary N) is 1. The number of esters is 1. The van der Waals surface area contributed by atoms with E-state index in [1.165, 1.54) is 6.33 Å². The smallest absolute Gasteiger partial charge is 0.459 e. The summed E-state index contributed by atoms with van der Waals surface area (Å²) in [5.41, 5.74) is 6.75. The molecule has 1 aromatic carbocycles. The van der Waals surface area contributed by atoms with Crippen LogP contribution in [0.3, 0.4) is 0 Å². The molecule has 3 aromatic rings. The van der Waals surface area contributed by atoms with E-state index >= 15 is 0 Å². The Kier molecular flexibility index (Phi) is 8.20. The van der Waals surface area contributed by atoms with Gasteiger partial charge >= 0.3 is 13.7 Å². The molecule has 4 atom stereocenters. The van der Waals surface area contributed by atoms with Crippen LogP contribution in [0.2, 0.25) is 0 Å². The molecule has 0 bridgehead atoms. The number of hydrogen-bond acceptors (Lipinski definition) is 10. The summed E-state index contributed by atoms with van der Waals surface area (Å²) in [6.45, 7) is 4.50.